The van der Waals surface area contributed by atoms with Gasteiger partial charge in [-0.1, -0.05) is 65.9 Å². The van der Waals surface area contributed by atoms with Gasteiger partial charge >= 0.3 is 5.97 Å². The molecule has 1 atom stereocenters. The molecule has 4 heterocycles. The van der Waals surface area contributed by atoms with E-state index in [0.29, 0.717) is 44.4 Å². The van der Waals surface area contributed by atoms with E-state index in [2.05, 4.69) is 5.32 Å². The van der Waals surface area contributed by atoms with Gasteiger partial charge in [-0.2, -0.15) is 0 Å². The van der Waals surface area contributed by atoms with Crippen molar-refractivity contribution in [2.45, 2.75) is 13.0 Å². The van der Waals surface area contributed by atoms with Crippen molar-refractivity contribution in [1.82, 2.24) is 4.57 Å². The minimum atomic E-state index is -0.894. The highest BCUT2D eigenvalue weighted by atomic mass is 32.1. The van der Waals surface area contributed by atoms with Gasteiger partial charge in [0.05, 0.1) is 29.5 Å². The summed E-state index contributed by atoms with van der Waals surface area (Å²) >= 11 is 1.12. The van der Waals surface area contributed by atoms with Crippen molar-refractivity contribution in [1.29, 1.82) is 0 Å². The Hall–Kier alpha value is -4.96. The molecule has 3 aliphatic rings. The highest BCUT2D eigenvalue weighted by molar-refractivity contribution is 7.07. The number of carbonyl (C=O) groups is 2. The standard InChI is InChI=1S/C30H21N3O6S/c1-2-37-29(36)23-24(16-8-4-3-5-9-16)32-30-33(25(23)17-12-13-20-21(14-17)39-15-38-20)28(35)26(40-30)22-18-10-6-7-11-19(18)31-27(22)34/h3-14,25H,2,15H2,1H3,(H,31,34)/b26-22+/t25-/m0/s1. The lowest BCUT2D eigenvalue weighted by atomic mass is 9.93. The number of rotatable bonds is 4. The van der Waals surface area contributed by atoms with Crippen molar-refractivity contribution < 1.29 is 23.8 Å². The van der Waals surface area contributed by atoms with E-state index in [-0.39, 0.29) is 35.0 Å². The molecule has 1 amide bonds. The van der Waals surface area contributed by atoms with Crippen LogP contribution in [0.15, 0.2) is 88.2 Å². The quantitative estimate of drug-likeness (QED) is 0.391. The minimum absolute atomic E-state index is 0.0786. The number of thiazole rings is 1. The van der Waals surface area contributed by atoms with E-state index in [1.807, 2.05) is 42.5 Å². The van der Waals surface area contributed by atoms with Crippen LogP contribution < -0.4 is 29.7 Å². The number of ether oxygens (including phenoxy) is 3. The molecule has 40 heavy (non-hydrogen) atoms. The van der Waals surface area contributed by atoms with E-state index in [4.69, 9.17) is 19.2 Å². The molecule has 3 aromatic carbocycles. The van der Waals surface area contributed by atoms with Gasteiger partial charge in [0, 0.05) is 16.8 Å². The molecule has 1 N–H and O–H groups in total. The minimum Gasteiger partial charge on any atom is -0.463 e. The monoisotopic (exact) mass is 551 g/mol. The number of carbonyl (C=O) groups excluding carboxylic acids is 2. The molecule has 0 radical (unpaired) electrons. The third-order valence-electron chi connectivity index (χ3n) is 6.96. The number of hydrogen-bond acceptors (Lipinski definition) is 8. The number of nitrogens with zero attached hydrogens (tertiary/aromatic N) is 2. The summed E-state index contributed by atoms with van der Waals surface area (Å²) in [6.07, 6.45) is 0. The van der Waals surface area contributed by atoms with Crippen molar-refractivity contribution in [3.8, 4) is 11.5 Å². The van der Waals surface area contributed by atoms with Gasteiger partial charge in [-0.25, -0.2) is 9.79 Å². The number of amides is 1. The zero-order valence-corrected chi connectivity index (χ0v) is 22.0. The molecular weight excluding hydrogens is 530 g/mol. The second-order valence-corrected chi connectivity index (χ2v) is 10.2. The Morgan fingerprint density at radius 2 is 1.82 bits per heavy atom. The average molecular weight is 552 g/mol. The molecule has 1 aromatic heterocycles. The second kappa shape index (κ2) is 9.35. The first-order chi connectivity index (χ1) is 19.5. The number of aromatic nitrogens is 1. The lowest BCUT2D eigenvalue weighted by Gasteiger charge is -2.26. The molecular formula is C30H21N3O6S. The Bertz CT molecular complexity index is 1940. The molecule has 0 aliphatic carbocycles. The fourth-order valence-electron chi connectivity index (χ4n) is 5.23. The van der Waals surface area contributed by atoms with E-state index in [0.717, 1.165) is 11.3 Å². The molecule has 7 rings (SSSR count). The van der Waals surface area contributed by atoms with Crippen LogP contribution >= 0.6 is 11.3 Å². The molecule has 0 saturated heterocycles. The Morgan fingerprint density at radius 3 is 2.65 bits per heavy atom. The normalized spacial score (nSPS) is 18.1. The predicted molar refractivity (Wildman–Crippen MR) is 148 cm³/mol. The van der Waals surface area contributed by atoms with Crippen molar-refractivity contribution in [2.24, 2.45) is 4.99 Å². The van der Waals surface area contributed by atoms with Crippen LogP contribution in [0.2, 0.25) is 0 Å². The Balaban J connectivity index is 1.57. The van der Waals surface area contributed by atoms with E-state index in [9.17, 15) is 14.4 Å². The molecule has 0 bridgehead atoms. The SMILES string of the molecule is CCOC(=O)C1=C(c2ccccc2)N=c2s/c(=C3/C(=O)Nc4ccccc43)c(=O)n2[C@H]1c1ccc2c(c1)OCO2. The highest BCUT2D eigenvalue weighted by Gasteiger charge is 2.37. The largest absolute Gasteiger partial charge is 0.463 e. The molecule has 10 heteroatoms. The molecule has 0 unspecified atom stereocenters. The van der Waals surface area contributed by atoms with Crippen LogP contribution in [0.1, 0.15) is 29.7 Å². The Kier molecular flexibility index (Phi) is 5.64. The van der Waals surface area contributed by atoms with Gasteiger partial charge in [0.1, 0.15) is 4.53 Å². The first-order valence-corrected chi connectivity index (χ1v) is 13.5. The molecule has 0 fully saturated rings. The van der Waals surface area contributed by atoms with Gasteiger partial charge in [0.2, 0.25) is 6.79 Å². The summed E-state index contributed by atoms with van der Waals surface area (Å²) in [5.74, 6) is 0.129. The lowest BCUT2D eigenvalue weighted by molar-refractivity contribution is -0.138. The van der Waals surface area contributed by atoms with Gasteiger partial charge < -0.3 is 19.5 Å². The van der Waals surface area contributed by atoms with Gasteiger partial charge in [-0.15, -0.1) is 0 Å². The van der Waals surface area contributed by atoms with Crippen molar-refractivity contribution in [3.05, 3.63) is 115 Å². The van der Waals surface area contributed by atoms with E-state index in [1.54, 1.807) is 37.3 Å². The summed E-state index contributed by atoms with van der Waals surface area (Å²) in [4.78, 5) is 46.1. The van der Waals surface area contributed by atoms with Gasteiger partial charge in [0.25, 0.3) is 11.5 Å². The highest BCUT2D eigenvalue weighted by Crippen LogP contribution is 2.40. The topological polar surface area (TPSA) is 108 Å². The van der Waals surface area contributed by atoms with E-state index in [1.165, 1.54) is 4.57 Å². The van der Waals surface area contributed by atoms with Crippen LogP contribution in [0.3, 0.4) is 0 Å². The van der Waals surface area contributed by atoms with Crippen LogP contribution in [0.4, 0.5) is 5.69 Å². The molecule has 0 spiro atoms. The van der Waals surface area contributed by atoms with Crippen LogP contribution in [-0.4, -0.2) is 29.8 Å². The summed E-state index contributed by atoms with van der Waals surface area (Å²) in [6.45, 7) is 1.95. The predicted octanol–water partition coefficient (Wildman–Crippen LogP) is 2.99. The first-order valence-electron chi connectivity index (χ1n) is 12.7. The fraction of sp³-hybridized carbons (Fsp3) is 0.133. The average Bonchev–Trinajstić information content (AvgIpc) is 3.66. The summed E-state index contributed by atoms with van der Waals surface area (Å²) in [7, 11) is 0. The van der Waals surface area contributed by atoms with E-state index >= 15 is 0 Å². The van der Waals surface area contributed by atoms with E-state index < -0.39 is 17.6 Å². The Morgan fingerprint density at radius 1 is 1.05 bits per heavy atom. The summed E-state index contributed by atoms with van der Waals surface area (Å²) < 4.78 is 18.3. The van der Waals surface area contributed by atoms with Crippen LogP contribution in [-0.2, 0) is 14.3 Å². The maximum absolute atomic E-state index is 14.2. The molecule has 198 valence electrons. The number of fused-ring (bicyclic) bond motifs is 3. The third kappa shape index (κ3) is 3.68. The van der Waals surface area contributed by atoms with Gasteiger partial charge in [-0.05, 0) is 30.7 Å². The number of nitrogens with one attached hydrogen (secondary N) is 1. The van der Waals surface area contributed by atoms with Crippen LogP contribution in [0.5, 0.6) is 11.5 Å². The maximum Gasteiger partial charge on any atom is 0.338 e. The summed E-state index contributed by atoms with van der Waals surface area (Å²) in [5, 5.41) is 2.84. The van der Waals surface area contributed by atoms with Gasteiger partial charge in [-0.3, -0.25) is 14.2 Å². The van der Waals surface area contributed by atoms with Crippen molar-refractivity contribution in [3.63, 3.8) is 0 Å². The maximum atomic E-state index is 14.2. The zero-order chi connectivity index (χ0) is 27.4. The summed E-state index contributed by atoms with van der Waals surface area (Å²) in [5.41, 5.74) is 3.06. The summed E-state index contributed by atoms with van der Waals surface area (Å²) in [6, 6.07) is 20.9. The number of hydrogen-bond donors (Lipinski definition) is 1. The molecule has 0 saturated carbocycles. The fourth-order valence-corrected chi connectivity index (χ4v) is 6.33. The Labute approximate surface area is 231 Å². The molecule has 4 aromatic rings. The van der Waals surface area contributed by atoms with Crippen molar-refractivity contribution >= 4 is 40.2 Å². The lowest BCUT2D eigenvalue weighted by Crippen LogP contribution is -2.40. The molecule has 9 nitrogen and oxygen atoms in total. The van der Waals surface area contributed by atoms with Gasteiger partial charge in [0.15, 0.2) is 16.3 Å². The smallest absolute Gasteiger partial charge is 0.338 e. The number of para-hydroxylation sites is 1. The van der Waals surface area contributed by atoms with Crippen molar-refractivity contribution in [2.75, 3.05) is 18.7 Å². The van der Waals surface area contributed by atoms with Crippen LogP contribution in [0.25, 0.3) is 11.3 Å². The van der Waals surface area contributed by atoms with Crippen LogP contribution in [0, 0.1) is 0 Å². The third-order valence-corrected chi connectivity index (χ3v) is 8.01. The first kappa shape index (κ1) is 24.1. The molecule has 3 aliphatic heterocycles. The second-order valence-electron chi connectivity index (χ2n) is 9.24. The number of benzene rings is 3. The number of anilines is 1. The number of esters is 1. The zero-order valence-electron chi connectivity index (χ0n) is 21.2.